The molecule has 0 bridgehead atoms. The highest BCUT2D eigenvalue weighted by atomic mass is 16.5. The molecule has 0 spiro atoms. The molecule has 0 fully saturated rings. The van der Waals surface area contributed by atoms with Crippen molar-refractivity contribution in [2.75, 3.05) is 13.7 Å². The quantitative estimate of drug-likeness (QED) is 0.651. The summed E-state index contributed by atoms with van der Waals surface area (Å²) in [5, 5.41) is 0. The van der Waals surface area contributed by atoms with Gasteiger partial charge in [-0.05, 0) is 24.1 Å². The third kappa shape index (κ3) is 5.50. The van der Waals surface area contributed by atoms with Crippen molar-refractivity contribution in [3.8, 4) is 5.75 Å². The lowest BCUT2D eigenvalue weighted by atomic mass is 10.2. The van der Waals surface area contributed by atoms with Crippen LogP contribution in [-0.4, -0.2) is 19.5 Å². The lowest BCUT2D eigenvalue weighted by Crippen LogP contribution is -2.00. The van der Waals surface area contributed by atoms with E-state index in [4.69, 9.17) is 9.47 Å². The molecule has 0 aliphatic heterocycles. The molecule has 0 saturated carbocycles. The van der Waals surface area contributed by atoms with Gasteiger partial charge in [0.25, 0.3) is 0 Å². The van der Waals surface area contributed by atoms with Crippen molar-refractivity contribution in [2.45, 2.75) is 32.8 Å². The molecule has 0 N–H and O–H groups in total. The van der Waals surface area contributed by atoms with Crippen molar-refractivity contribution >= 4 is 5.78 Å². The molecule has 0 radical (unpaired) electrons. The average molecular weight is 236 g/mol. The number of Topliss-reactive ketones (excluding diaryl/α,β-unsaturated/α-hetero) is 1. The molecule has 3 nitrogen and oxygen atoms in total. The minimum Gasteiger partial charge on any atom is -0.497 e. The van der Waals surface area contributed by atoms with Gasteiger partial charge in [-0.25, -0.2) is 0 Å². The first-order valence-electron chi connectivity index (χ1n) is 5.98. The Morgan fingerprint density at radius 2 is 1.94 bits per heavy atom. The van der Waals surface area contributed by atoms with Crippen molar-refractivity contribution < 1.29 is 14.3 Å². The number of rotatable bonds is 8. The number of hydrogen-bond donors (Lipinski definition) is 0. The molecule has 1 aromatic carbocycles. The zero-order valence-corrected chi connectivity index (χ0v) is 10.6. The molecule has 0 atom stereocenters. The average Bonchev–Trinajstić information content (AvgIpc) is 2.38. The number of ether oxygens (including phenoxy) is 2. The predicted molar refractivity (Wildman–Crippen MR) is 67.2 cm³/mol. The van der Waals surface area contributed by atoms with Gasteiger partial charge in [-0.2, -0.15) is 0 Å². The van der Waals surface area contributed by atoms with Crippen molar-refractivity contribution in [1.29, 1.82) is 0 Å². The lowest BCUT2D eigenvalue weighted by Gasteiger charge is -2.05. The van der Waals surface area contributed by atoms with E-state index in [0.717, 1.165) is 17.7 Å². The van der Waals surface area contributed by atoms with E-state index in [-0.39, 0.29) is 0 Å². The summed E-state index contributed by atoms with van der Waals surface area (Å²) in [6.07, 6.45) is 2.06. The SMILES string of the molecule is CCC(=O)CCCOCc1ccc(OC)cc1. The van der Waals surface area contributed by atoms with Crippen LogP contribution in [0.25, 0.3) is 0 Å². The fraction of sp³-hybridized carbons (Fsp3) is 0.500. The zero-order valence-electron chi connectivity index (χ0n) is 10.6. The van der Waals surface area contributed by atoms with E-state index in [9.17, 15) is 4.79 Å². The van der Waals surface area contributed by atoms with Gasteiger partial charge < -0.3 is 9.47 Å². The summed E-state index contributed by atoms with van der Waals surface area (Å²) < 4.78 is 10.6. The minimum absolute atomic E-state index is 0.304. The largest absolute Gasteiger partial charge is 0.497 e. The monoisotopic (exact) mass is 236 g/mol. The summed E-state index contributed by atoms with van der Waals surface area (Å²) >= 11 is 0. The number of carbonyl (C=O) groups excluding carboxylic acids is 1. The van der Waals surface area contributed by atoms with Crippen LogP contribution in [-0.2, 0) is 16.1 Å². The fourth-order valence-corrected chi connectivity index (χ4v) is 1.46. The van der Waals surface area contributed by atoms with Gasteiger partial charge in [0.05, 0.1) is 13.7 Å². The standard InChI is InChI=1S/C14H20O3/c1-3-13(15)5-4-10-17-11-12-6-8-14(16-2)9-7-12/h6-9H,3-5,10-11H2,1-2H3. The normalized spacial score (nSPS) is 10.2. The Hall–Kier alpha value is -1.35. The van der Waals surface area contributed by atoms with Gasteiger partial charge in [0.1, 0.15) is 11.5 Å². The Morgan fingerprint density at radius 3 is 2.53 bits per heavy atom. The summed E-state index contributed by atoms with van der Waals surface area (Å²) in [4.78, 5) is 11.0. The number of ketones is 1. The second kappa shape index (κ2) is 7.85. The second-order valence-corrected chi connectivity index (χ2v) is 3.90. The molecule has 94 valence electrons. The van der Waals surface area contributed by atoms with Gasteiger partial charge >= 0.3 is 0 Å². The molecule has 0 aromatic heterocycles. The van der Waals surface area contributed by atoms with E-state index in [1.54, 1.807) is 7.11 Å². The van der Waals surface area contributed by atoms with Crippen LogP contribution in [0.15, 0.2) is 24.3 Å². The maximum absolute atomic E-state index is 11.0. The number of benzene rings is 1. The summed E-state index contributed by atoms with van der Waals surface area (Å²) in [6, 6.07) is 7.80. The predicted octanol–water partition coefficient (Wildman–Crippen LogP) is 2.97. The first kappa shape index (κ1) is 13.7. The van der Waals surface area contributed by atoms with Crippen LogP contribution in [0.3, 0.4) is 0 Å². The maximum Gasteiger partial charge on any atom is 0.132 e. The van der Waals surface area contributed by atoms with Gasteiger partial charge in [-0.15, -0.1) is 0 Å². The maximum atomic E-state index is 11.0. The molecule has 0 amide bonds. The zero-order chi connectivity index (χ0) is 12.5. The van der Waals surface area contributed by atoms with Crippen molar-refractivity contribution in [3.05, 3.63) is 29.8 Å². The summed E-state index contributed by atoms with van der Waals surface area (Å²) in [7, 11) is 1.65. The molecule has 17 heavy (non-hydrogen) atoms. The molecule has 0 saturated heterocycles. The molecule has 0 aliphatic carbocycles. The van der Waals surface area contributed by atoms with E-state index < -0.39 is 0 Å². The molecular formula is C14H20O3. The van der Waals surface area contributed by atoms with Crippen molar-refractivity contribution in [2.24, 2.45) is 0 Å². The van der Waals surface area contributed by atoms with Crippen LogP contribution >= 0.6 is 0 Å². The van der Waals surface area contributed by atoms with Crippen LogP contribution < -0.4 is 4.74 Å². The van der Waals surface area contributed by atoms with E-state index in [1.165, 1.54) is 0 Å². The fourth-order valence-electron chi connectivity index (χ4n) is 1.46. The van der Waals surface area contributed by atoms with Crippen molar-refractivity contribution in [3.63, 3.8) is 0 Å². The summed E-state index contributed by atoms with van der Waals surface area (Å²) in [5.41, 5.74) is 1.12. The third-order valence-electron chi connectivity index (χ3n) is 2.57. The van der Waals surface area contributed by atoms with E-state index in [2.05, 4.69) is 0 Å². The highest BCUT2D eigenvalue weighted by Crippen LogP contribution is 2.12. The topological polar surface area (TPSA) is 35.5 Å². The Balaban J connectivity index is 2.15. The van der Waals surface area contributed by atoms with Gasteiger partial charge in [-0.3, -0.25) is 4.79 Å². The molecule has 1 aromatic rings. The number of carbonyl (C=O) groups is 1. The van der Waals surface area contributed by atoms with Crippen LogP contribution in [0.5, 0.6) is 5.75 Å². The highest BCUT2D eigenvalue weighted by molar-refractivity contribution is 5.77. The Labute approximate surface area is 103 Å². The lowest BCUT2D eigenvalue weighted by molar-refractivity contribution is -0.119. The Kier molecular flexibility index (Phi) is 6.33. The van der Waals surface area contributed by atoms with Gasteiger partial charge in [0.15, 0.2) is 0 Å². The molecule has 0 aliphatic rings. The highest BCUT2D eigenvalue weighted by Gasteiger charge is 1.98. The molecule has 0 unspecified atom stereocenters. The van der Waals surface area contributed by atoms with Gasteiger partial charge in [0, 0.05) is 19.4 Å². The minimum atomic E-state index is 0.304. The first-order chi connectivity index (χ1) is 8.26. The van der Waals surface area contributed by atoms with E-state index >= 15 is 0 Å². The van der Waals surface area contributed by atoms with E-state index in [0.29, 0.717) is 31.8 Å². The summed E-state index contributed by atoms with van der Waals surface area (Å²) in [6.45, 7) is 3.11. The molecule has 1 rings (SSSR count). The van der Waals surface area contributed by atoms with Crippen LogP contribution in [0.1, 0.15) is 31.7 Å². The van der Waals surface area contributed by atoms with Crippen LogP contribution in [0.2, 0.25) is 0 Å². The van der Waals surface area contributed by atoms with Crippen LogP contribution in [0.4, 0.5) is 0 Å². The Morgan fingerprint density at radius 1 is 1.24 bits per heavy atom. The number of methoxy groups -OCH3 is 1. The summed E-state index contributed by atoms with van der Waals surface area (Å²) in [5.74, 6) is 1.15. The van der Waals surface area contributed by atoms with Crippen LogP contribution in [0, 0.1) is 0 Å². The van der Waals surface area contributed by atoms with Crippen molar-refractivity contribution in [1.82, 2.24) is 0 Å². The second-order valence-electron chi connectivity index (χ2n) is 3.90. The van der Waals surface area contributed by atoms with Gasteiger partial charge in [-0.1, -0.05) is 19.1 Å². The first-order valence-corrected chi connectivity index (χ1v) is 5.98. The molecule has 3 heteroatoms. The molecule has 0 heterocycles. The van der Waals surface area contributed by atoms with Gasteiger partial charge in [0.2, 0.25) is 0 Å². The Bertz CT molecular complexity index is 330. The smallest absolute Gasteiger partial charge is 0.132 e. The van der Waals surface area contributed by atoms with E-state index in [1.807, 2.05) is 31.2 Å². The third-order valence-corrected chi connectivity index (χ3v) is 2.57. The molecular weight excluding hydrogens is 216 g/mol. The number of hydrogen-bond acceptors (Lipinski definition) is 3.